The lowest BCUT2D eigenvalue weighted by Crippen LogP contribution is -2.44. The monoisotopic (exact) mass is 363 g/mol. The molecule has 1 atom stereocenters. The van der Waals surface area contributed by atoms with Crippen molar-refractivity contribution < 1.29 is 9.59 Å². The van der Waals surface area contributed by atoms with Gasteiger partial charge in [0.05, 0.1) is 12.1 Å². The molecular weight excluding hydrogens is 338 g/mol. The molecular formula is C19H26ClN3O2. The third-order valence-electron chi connectivity index (χ3n) is 5.16. The van der Waals surface area contributed by atoms with Gasteiger partial charge in [0.1, 0.15) is 0 Å². The van der Waals surface area contributed by atoms with Crippen LogP contribution in [0.15, 0.2) is 18.2 Å². The predicted octanol–water partition coefficient (Wildman–Crippen LogP) is 3.39. The van der Waals surface area contributed by atoms with Gasteiger partial charge in [-0.05, 0) is 57.2 Å². The van der Waals surface area contributed by atoms with Crippen LogP contribution in [0.1, 0.15) is 49.4 Å². The average molecular weight is 364 g/mol. The molecule has 2 heterocycles. The molecule has 1 aromatic carbocycles. The number of nitrogens with zero attached hydrogens (tertiary/aromatic N) is 2. The second-order valence-corrected chi connectivity index (χ2v) is 7.41. The van der Waals surface area contributed by atoms with E-state index in [4.69, 9.17) is 11.6 Å². The number of hydrogen-bond acceptors (Lipinski definition) is 3. The van der Waals surface area contributed by atoms with E-state index in [1.54, 1.807) is 18.2 Å². The number of anilines is 1. The van der Waals surface area contributed by atoms with Crippen LogP contribution in [0.3, 0.4) is 0 Å². The standard InChI is InChI=1S/C19H26ClN3O2/c1-14-6-2-3-11-23(14)18(24)13-21-17-8-7-15(20)12-16(17)19(25)22-9-4-5-10-22/h7-8,12,14,21H,2-6,9-11,13H2,1H3/t14-/m0/s1. The number of likely N-dealkylation sites (tertiary alicyclic amines) is 2. The van der Waals surface area contributed by atoms with Gasteiger partial charge in [0, 0.05) is 36.4 Å². The fourth-order valence-electron chi connectivity index (χ4n) is 3.68. The van der Waals surface area contributed by atoms with Crippen molar-refractivity contribution in [3.05, 3.63) is 28.8 Å². The van der Waals surface area contributed by atoms with E-state index in [2.05, 4.69) is 12.2 Å². The van der Waals surface area contributed by atoms with Crippen LogP contribution in [0.4, 0.5) is 5.69 Å². The van der Waals surface area contributed by atoms with Gasteiger partial charge >= 0.3 is 0 Å². The Balaban J connectivity index is 1.69. The van der Waals surface area contributed by atoms with Gasteiger partial charge in [0.2, 0.25) is 5.91 Å². The predicted molar refractivity (Wildman–Crippen MR) is 100 cm³/mol. The van der Waals surface area contributed by atoms with Gasteiger partial charge in [-0.3, -0.25) is 9.59 Å². The second kappa shape index (κ2) is 8.09. The van der Waals surface area contributed by atoms with Crippen LogP contribution in [-0.2, 0) is 4.79 Å². The topological polar surface area (TPSA) is 52.7 Å². The first-order valence-electron chi connectivity index (χ1n) is 9.18. The zero-order valence-electron chi connectivity index (χ0n) is 14.8. The van der Waals surface area contributed by atoms with Gasteiger partial charge in [-0.25, -0.2) is 0 Å². The average Bonchev–Trinajstić information content (AvgIpc) is 3.14. The molecule has 3 rings (SSSR count). The molecule has 1 N–H and O–H groups in total. The molecule has 0 radical (unpaired) electrons. The highest BCUT2D eigenvalue weighted by Crippen LogP contribution is 2.24. The SMILES string of the molecule is C[C@H]1CCCCN1C(=O)CNc1ccc(Cl)cc1C(=O)N1CCCC1. The summed E-state index contributed by atoms with van der Waals surface area (Å²) >= 11 is 6.10. The first-order chi connectivity index (χ1) is 12.1. The maximum atomic E-state index is 12.8. The van der Waals surface area contributed by atoms with Gasteiger partial charge in [-0.15, -0.1) is 0 Å². The summed E-state index contributed by atoms with van der Waals surface area (Å²) < 4.78 is 0. The smallest absolute Gasteiger partial charge is 0.256 e. The Morgan fingerprint density at radius 3 is 2.60 bits per heavy atom. The lowest BCUT2D eigenvalue weighted by molar-refractivity contribution is -0.132. The van der Waals surface area contributed by atoms with Crippen LogP contribution in [0.25, 0.3) is 0 Å². The number of hydrogen-bond donors (Lipinski definition) is 1. The summed E-state index contributed by atoms with van der Waals surface area (Å²) in [5.74, 6) is 0.0722. The fraction of sp³-hybridized carbons (Fsp3) is 0.579. The summed E-state index contributed by atoms with van der Waals surface area (Å²) in [4.78, 5) is 29.1. The van der Waals surface area contributed by atoms with Crippen molar-refractivity contribution in [3.63, 3.8) is 0 Å². The van der Waals surface area contributed by atoms with Crippen LogP contribution in [0.5, 0.6) is 0 Å². The van der Waals surface area contributed by atoms with Crippen molar-refractivity contribution in [3.8, 4) is 0 Å². The Bertz CT molecular complexity index is 644. The Kier molecular flexibility index (Phi) is 5.84. The van der Waals surface area contributed by atoms with Gasteiger partial charge in [-0.2, -0.15) is 0 Å². The normalized spacial score (nSPS) is 20.6. The molecule has 2 amide bonds. The fourth-order valence-corrected chi connectivity index (χ4v) is 3.85. The zero-order valence-corrected chi connectivity index (χ0v) is 15.5. The molecule has 2 aliphatic heterocycles. The van der Waals surface area contributed by atoms with Gasteiger partial charge in [0.25, 0.3) is 5.91 Å². The molecule has 0 aromatic heterocycles. The number of halogens is 1. The van der Waals surface area contributed by atoms with Crippen molar-refractivity contribution in [1.82, 2.24) is 9.80 Å². The molecule has 6 heteroatoms. The molecule has 1 aromatic rings. The summed E-state index contributed by atoms with van der Waals surface area (Å²) in [6, 6.07) is 5.52. The van der Waals surface area contributed by atoms with E-state index >= 15 is 0 Å². The summed E-state index contributed by atoms with van der Waals surface area (Å²) in [5.41, 5.74) is 1.23. The quantitative estimate of drug-likeness (QED) is 0.892. The number of carbonyl (C=O) groups excluding carboxylic acids is 2. The second-order valence-electron chi connectivity index (χ2n) is 6.97. The van der Waals surface area contributed by atoms with E-state index in [1.807, 2.05) is 9.80 Å². The minimum Gasteiger partial charge on any atom is -0.376 e. The number of amides is 2. The van der Waals surface area contributed by atoms with Crippen LogP contribution in [-0.4, -0.2) is 53.8 Å². The number of piperidine rings is 1. The minimum absolute atomic E-state index is 0.0127. The van der Waals surface area contributed by atoms with Crippen LogP contribution >= 0.6 is 11.6 Å². The molecule has 0 saturated carbocycles. The number of carbonyl (C=O) groups is 2. The Morgan fingerprint density at radius 1 is 1.16 bits per heavy atom. The van der Waals surface area contributed by atoms with Crippen molar-refractivity contribution in [1.29, 1.82) is 0 Å². The molecule has 0 spiro atoms. The van der Waals surface area contributed by atoms with Crippen molar-refractivity contribution in [2.45, 2.75) is 45.1 Å². The Hall–Kier alpha value is -1.75. The van der Waals surface area contributed by atoms with E-state index in [-0.39, 0.29) is 18.4 Å². The highest BCUT2D eigenvalue weighted by atomic mass is 35.5. The third-order valence-corrected chi connectivity index (χ3v) is 5.39. The van der Waals surface area contributed by atoms with E-state index < -0.39 is 0 Å². The third kappa shape index (κ3) is 4.27. The molecule has 136 valence electrons. The van der Waals surface area contributed by atoms with Gasteiger partial charge < -0.3 is 15.1 Å². The number of nitrogens with one attached hydrogen (secondary N) is 1. The molecule has 0 bridgehead atoms. The summed E-state index contributed by atoms with van der Waals surface area (Å²) in [6.07, 6.45) is 5.39. The highest BCUT2D eigenvalue weighted by molar-refractivity contribution is 6.31. The van der Waals surface area contributed by atoms with Crippen molar-refractivity contribution in [2.24, 2.45) is 0 Å². The molecule has 5 nitrogen and oxygen atoms in total. The van der Waals surface area contributed by atoms with Crippen LogP contribution in [0, 0.1) is 0 Å². The lowest BCUT2D eigenvalue weighted by atomic mass is 10.0. The van der Waals surface area contributed by atoms with Crippen molar-refractivity contribution >= 4 is 29.1 Å². The summed E-state index contributed by atoms with van der Waals surface area (Å²) in [6.45, 7) is 4.69. The van der Waals surface area contributed by atoms with E-state index in [0.29, 0.717) is 22.3 Å². The summed E-state index contributed by atoms with van der Waals surface area (Å²) in [7, 11) is 0. The Morgan fingerprint density at radius 2 is 1.88 bits per heavy atom. The van der Waals surface area contributed by atoms with Gasteiger partial charge in [0.15, 0.2) is 0 Å². The molecule has 2 fully saturated rings. The number of benzene rings is 1. The lowest BCUT2D eigenvalue weighted by Gasteiger charge is -2.33. The van der Waals surface area contributed by atoms with E-state index in [1.165, 1.54) is 6.42 Å². The maximum Gasteiger partial charge on any atom is 0.256 e. The molecule has 0 aliphatic carbocycles. The van der Waals surface area contributed by atoms with Crippen LogP contribution < -0.4 is 5.32 Å². The molecule has 2 aliphatic rings. The Labute approximate surface area is 154 Å². The largest absolute Gasteiger partial charge is 0.376 e. The zero-order chi connectivity index (χ0) is 17.8. The van der Waals surface area contributed by atoms with E-state index in [9.17, 15) is 9.59 Å². The maximum absolute atomic E-state index is 12.8. The highest BCUT2D eigenvalue weighted by Gasteiger charge is 2.25. The summed E-state index contributed by atoms with van der Waals surface area (Å²) in [5, 5.41) is 3.70. The minimum atomic E-state index is -0.0127. The first kappa shape index (κ1) is 18.1. The molecule has 0 unspecified atom stereocenters. The molecule has 25 heavy (non-hydrogen) atoms. The van der Waals surface area contributed by atoms with E-state index in [0.717, 1.165) is 45.3 Å². The molecule has 2 saturated heterocycles. The van der Waals surface area contributed by atoms with Crippen molar-refractivity contribution in [2.75, 3.05) is 31.5 Å². The number of rotatable bonds is 4. The first-order valence-corrected chi connectivity index (χ1v) is 9.56. The van der Waals surface area contributed by atoms with Crippen LogP contribution in [0.2, 0.25) is 5.02 Å². The van der Waals surface area contributed by atoms with Gasteiger partial charge in [-0.1, -0.05) is 11.6 Å².